The molecule has 2 rings (SSSR count). The Hall–Kier alpha value is -0.990. The van der Waals surface area contributed by atoms with Crippen LogP contribution in [0.25, 0.3) is 0 Å². The molecular formula is C10H12Cl2N2. The average Bonchev–Trinajstić information content (AvgIpc) is 2.29. The second kappa shape index (κ2) is 5.68. The molecule has 0 saturated heterocycles. The number of fused-ring (bicyclic) bond motifs is 1. The van der Waals surface area contributed by atoms with Crippen LogP contribution in [-0.4, -0.2) is 13.3 Å². The number of halogens is 2. The Morgan fingerprint density at radius 1 is 1.14 bits per heavy atom. The lowest BCUT2D eigenvalue weighted by molar-refractivity contribution is 1.20. The monoisotopic (exact) mass is 230 g/mol. The van der Waals surface area contributed by atoms with Gasteiger partial charge in [0.2, 0.25) is 0 Å². The van der Waals surface area contributed by atoms with E-state index in [9.17, 15) is 0 Å². The summed E-state index contributed by atoms with van der Waals surface area (Å²) in [6, 6.07) is 8.19. The molecule has 0 fully saturated rings. The molecule has 1 aliphatic heterocycles. The molecule has 1 aliphatic rings. The van der Waals surface area contributed by atoms with Gasteiger partial charge in [0, 0.05) is 36.9 Å². The molecule has 0 atom stereocenters. The quantitative estimate of drug-likeness (QED) is 0.670. The lowest BCUT2D eigenvalue weighted by Gasteiger charge is -2.14. The Bertz CT molecular complexity index is 348. The fraction of sp³-hybridized carbons (Fsp3) is 0.100. The number of para-hydroxylation sites is 1. The molecule has 0 saturated carbocycles. The summed E-state index contributed by atoms with van der Waals surface area (Å²) in [4.78, 5) is 6.17. The van der Waals surface area contributed by atoms with Gasteiger partial charge >= 0.3 is 0 Å². The van der Waals surface area contributed by atoms with Crippen molar-refractivity contribution in [3.8, 4) is 0 Å². The van der Waals surface area contributed by atoms with Crippen molar-refractivity contribution < 1.29 is 0 Å². The van der Waals surface area contributed by atoms with E-state index in [0.29, 0.717) is 0 Å². The van der Waals surface area contributed by atoms with Gasteiger partial charge in [0.25, 0.3) is 0 Å². The first-order chi connectivity index (χ1) is 5.88. The van der Waals surface area contributed by atoms with Crippen LogP contribution in [0.4, 0.5) is 5.69 Å². The molecular weight excluding hydrogens is 219 g/mol. The first-order valence-corrected chi connectivity index (χ1v) is 3.89. The van der Waals surface area contributed by atoms with E-state index >= 15 is 0 Å². The minimum Gasteiger partial charge on any atom is -0.349 e. The summed E-state index contributed by atoms with van der Waals surface area (Å²) < 4.78 is 0. The average molecular weight is 231 g/mol. The van der Waals surface area contributed by atoms with Crippen LogP contribution in [0.5, 0.6) is 0 Å². The van der Waals surface area contributed by atoms with E-state index < -0.39 is 0 Å². The van der Waals surface area contributed by atoms with Crippen LogP contribution in [0.2, 0.25) is 0 Å². The van der Waals surface area contributed by atoms with Gasteiger partial charge in [-0.15, -0.1) is 24.8 Å². The number of hydrogen-bond donors (Lipinski definition) is 0. The second-order valence-electron chi connectivity index (χ2n) is 2.75. The third kappa shape index (κ3) is 2.50. The van der Waals surface area contributed by atoms with Gasteiger partial charge in [-0.1, -0.05) is 18.2 Å². The molecule has 1 aromatic carbocycles. The molecule has 14 heavy (non-hydrogen) atoms. The molecule has 0 unspecified atom stereocenters. The number of benzene rings is 1. The fourth-order valence-corrected chi connectivity index (χ4v) is 1.26. The van der Waals surface area contributed by atoms with Crippen molar-refractivity contribution in [3.63, 3.8) is 0 Å². The Kier molecular flexibility index (Phi) is 5.28. The third-order valence-electron chi connectivity index (χ3n) is 1.91. The maximum absolute atomic E-state index is 4.12. The van der Waals surface area contributed by atoms with E-state index in [1.807, 2.05) is 31.6 Å². The summed E-state index contributed by atoms with van der Waals surface area (Å²) >= 11 is 0. The van der Waals surface area contributed by atoms with Crippen molar-refractivity contribution in [2.24, 2.45) is 4.99 Å². The van der Waals surface area contributed by atoms with Gasteiger partial charge in [-0.2, -0.15) is 0 Å². The normalized spacial score (nSPS) is 12.2. The molecule has 1 heterocycles. The van der Waals surface area contributed by atoms with Crippen molar-refractivity contribution >= 4 is 36.7 Å². The highest BCUT2D eigenvalue weighted by Gasteiger charge is 2.03. The molecule has 1 aromatic rings. The molecule has 0 radical (unpaired) electrons. The predicted octanol–water partition coefficient (Wildman–Crippen LogP) is 2.87. The van der Waals surface area contributed by atoms with Gasteiger partial charge < -0.3 is 4.90 Å². The second-order valence-corrected chi connectivity index (χ2v) is 2.75. The van der Waals surface area contributed by atoms with Crippen molar-refractivity contribution in [3.05, 3.63) is 42.2 Å². The molecule has 0 aliphatic carbocycles. The summed E-state index contributed by atoms with van der Waals surface area (Å²) in [7, 11) is 2.02. The van der Waals surface area contributed by atoms with Crippen molar-refractivity contribution in [1.82, 2.24) is 0 Å². The Labute approximate surface area is 96.2 Å². The highest BCUT2D eigenvalue weighted by atomic mass is 35.5. The van der Waals surface area contributed by atoms with Crippen LogP contribution in [0.15, 0.2) is 41.7 Å². The first-order valence-electron chi connectivity index (χ1n) is 3.89. The topological polar surface area (TPSA) is 15.6 Å². The zero-order chi connectivity index (χ0) is 8.39. The van der Waals surface area contributed by atoms with E-state index in [1.54, 1.807) is 6.20 Å². The minimum absolute atomic E-state index is 0. The van der Waals surface area contributed by atoms with E-state index in [4.69, 9.17) is 0 Å². The molecule has 0 N–H and O–H groups in total. The first kappa shape index (κ1) is 13.0. The van der Waals surface area contributed by atoms with E-state index in [2.05, 4.69) is 22.0 Å². The van der Waals surface area contributed by atoms with Gasteiger partial charge in [0.05, 0.1) is 0 Å². The maximum Gasteiger partial charge on any atom is 0.0493 e. The van der Waals surface area contributed by atoms with Gasteiger partial charge in [-0.25, -0.2) is 0 Å². The third-order valence-corrected chi connectivity index (χ3v) is 1.91. The standard InChI is InChI=1S/C10H10N2.2ClH/c1-12-7-6-11-8-9-4-2-3-5-10(9)12;;/h2-8H,1H3;2*1H. The minimum atomic E-state index is 0. The van der Waals surface area contributed by atoms with Crippen molar-refractivity contribution in [2.75, 3.05) is 11.9 Å². The predicted molar refractivity (Wildman–Crippen MR) is 66.1 cm³/mol. The molecule has 0 spiro atoms. The number of anilines is 1. The molecule has 76 valence electrons. The summed E-state index contributed by atoms with van der Waals surface area (Å²) in [5.41, 5.74) is 2.35. The molecule has 0 bridgehead atoms. The highest BCUT2D eigenvalue weighted by molar-refractivity contribution is 5.89. The molecule has 0 aromatic heterocycles. The van der Waals surface area contributed by atoms with Crippen LogP contribution in [0.1, 0.15) is 5.56 Å². The number of aliphatic imine (C=N–C) groups is 1. The number of nitrogens with zero attached hydrogens (tertiary/aromatic N) is 2. The zero-order valence-electron chi connectivity index (χ0n) is 7.75. The summed E-state index contributed by atoms with van der Waals surface area (Å²) in [6.45, 7) is 0. The molecule has 0 amide bonds. The van der Waals surface area contributed by atoms with Crippen LogP contribution in [-0.2, 0) is 0 Å². The lowest BCUT2D eigenvalue weighted by Crippen LogP contribution is -2.08. The largest absolute Gasteiger partial charge is 0.349 e. The van der Waals surface area contributed by atoms with Crippen LogP contribution < -0.4 is 4.90 Å². The smallest absolute Gasteiger partial charge is 0.0493 e. The SMILES string of the molecule is CN1C=CN=Cc2ccccc21.Cl.Cl. The van der Waals surface area contributed by atoms with Gasteiger partial charge in [-0.3, -0.25) is 4.99 Å². The Morgan fingerprint density at radius 2 is 1.86 bits per heavy atom. The van der Waals surface area contributed by atoms with Crippen LogP contribution >= 0.6 is 24.8 Å². The van der Waals surface area contributed by atoms with E-state index in [-0.39, 0.29) is 24.8 Å². The Balaban J connectivity index is 0.000000845. The maximum atomic E-state index is 4.12. The van der Waals surface area contributed by atoms with Crippen LogP contribution in [0.3, 0.4) is 0 Å². The summed E-state index contributed by atoms with van der Waals surface area (Å²) in [6.07, 6.45) is 5.61. The number of hydrogen-bond acceptors (Lipinski definition) is 2. The molecule has 2 nitrogen and oxygen atoms in total. The van der Waals surface area contributed by atoms with Gasteiger partial charge in [0.15, 0.2) is 0 Å². The fourth-order valence-electron chi connectivity index (χ4n) is 1.26. The highest BCUT2D eigenvalue weighted by Crippen LogP contribution is 2.18. The number of rotatable bonds is 0. The van der Waals surface area contributed by atoms with E-state index in [0.717, 1.165) is 5.56 Å². The van der Waals surface area contributed by atoms with Gasteiger partial charge in [0.1, 0.15) is 0 Å². The summed E-state index contributed by atoms with van der Waals surface area (Å²) in [5.74, 6) is 0. The molecule has 4 heteroatoms. The van der Waals surface area contributed by atoms with Crippen LogP contribution in [0, 0.1) is 0 Å². The van der Waals surface area contributed by atoms with Crippen molar-refractivity contribution in [1.29, 1.82) is 0 Å². The summed E-state index contributed by atoms with van der Waals surface area (Å²) in [5, 5.41) is 0. The van der Waals surface area contributed by atoms with E-state index in [1.165, 1.54) is 5.69 Å². The zero-order valence-corrected chi connectivity index (χ0v) is 9.39. The van der Waals surface area contributed by atoms with Gasteiger partial charge in [-0.05, 0) is 6.07 Å². The van der Waals surface area contributed by atoms with Crippen molar-refractivity contribution in [2.45, 2.75) is 0 Å². The Morgan fingerprint density at radius 3 is 2.64 bits per heavy atom. The lowest BCUT2D eigenvalue weighted by atomic mass is 10.2.